The van der Waals surface area contributed by atoms with E-state index in [0.717, 1.165) is 17.5 Å². The number of aliphatic hydroxyl groups is 1. The molecule has 0 spiro atoms. The van der Waals surface area contributed by atoms with Gasteiger partial charge < -0.3 is 15.2 Å². The molecule has 0 aliphatic carbocycles. The van der Waals surface area contributed by atoms with Gasteiger partial charge in [0.05, 0.1) is 6.10 Å². The Bertz CT molecular complexity index is 673. The normalized spacial score (nSPS) is 13.3. The SMILES string of the molecule is CC(=O)Oc1ccc(CC(C)NCC(O)c2cccc(Cl)c2)cc1. The quantitative estimate of drug-likeness (QED) is 0.594. The molecule has 0 saturated carbocycles. The maximum Gasteiger partial charge on any atom is 0.308 e. The Kier molecular flexibility index (Phi) is 6.79. The molecule has 2 N–H and O–H groups in total. The van der Waals surface area contributed by atoms with E-state index in [1.807, 2.05) is 24.3 Å². The number of halogens is 1. The van der Waals surface area contributed by atoms with Crippen molar-refractivity contribution in [3.8, 4) is 5.75 Å². The van der Waals surface area contributed by atoms with E-state index in [1.165, 1.54) is 6.92 Å². The van der Waals surface area contributed by atoms with Crippen LogP contribution in [-0.4, -0.2) is 23.7 Å². The first-order valence-corrected chi connectivity index (χ1v) is 8.26. The first-order chi connectivity index (χ1) is 11.4. The van der Waals surface area contributed by atoms with Gasteiger partial charge in [0.25, 0.3) is 0 Å². The molecular formula is C19H22ClNO3. The lowest BCUT2D eigenvalue weighted by molar-refractivity contribution is -0.131. The number of nitrogens with one attached hydrogen (secondary N) is 1. The van der Waals surface area contributed by atoms with Gasteiger partial charge in [-0.15, -0.1) is 0 Å². The van der Waals surface area contributed by atoms with Gasteiger partial charge in [0.2, 0.25) is 0 Å². The average Bonchev–Trinajstić information content (AvgIpc) is 2.54. The van der Waals surface area contributed by atoms with Crippen LogP contribution < -0.4 is 10.1 Å². The van der Waals surface area contributed by atoms with Crippen LogP contribution in [0.2, 0.25) is 5.02 Å². The summed E-state index contributed by atoms with van der Waals surface area (Å²) >= 11 is 5.94. The fourth-order valence-corrected chi connectivity index (χ4v) is 2.63. The molecule has 0 amide bonds. The van der Waals surface area contributed by atoms with Crippen LogP contribution in [0.4, 0.5) is 0 Å². The zero-order chi connectivity index (χ0) is 17.5. The van der Waals surface area contributed by atoms with Gasteiger partial charge in [-0.05, 0) is 48.7 Å². The van der Waals surface area contributed by atoms with E-state index >= 15 is 0 Å². The number of hydrogen-bond acceptors (Lipinski definition) is 4. The van der Waals surface area contributed by atoms with Crippen LogP contribution in [-0.2, 0) is 11.2 Å². The molecule has 128 valence electrons. The minimum absolute atomic E-state index is 0.193. The Morgan fingerprint density at radius 1 is 1.25 bits per heavy atom. The Hall–Kier alpha value is -1.88. The van der Waals surface area contributed by atoms with Crippen LogP contribution in [0.25, 0.3) is 0 Å². The smallest absolute Gasteiger partial charge is 0.308 e. The van der Waals surface area contributed by atoms with E-state index in [2.05, 4.69) is 12.2 Å². The second kappa shape index (κ2) is 8.83. The van der Waals surface area contributed by atoms with Gasteiger partial charge in [0.15, 0.2) is 0 Å². The molecule has 24 heavy (non-hydrogen) atoms. The first-order valence-electron chi connectivity index (χ1n) is 7.88. The van der Waals surface area contributed by atoms with Crippen LogP contribution in [0.3, 0.4) is 0 Å². The summed E-state index contributed by atoms with van der Waals surface area (Å²) in [5, 5.41) is 14.1. The highest BCUT2D eigenvalue weighted by molar-refractivity contribution is 6.30. The molecule has 5 heteroatoms. The zero-order valence-corrected chi connectivity index (χ0v) is 14.6. The Morgan fingerprint density at radius 3 is 2.58 bits per heavy atom. The van der Waals surface area contributed by atoms with Crippen LogP contribution in [0.5, 0.6) is 5.75 Å². The third-order valence-electron chi connectivity index (χ3n) is 3.62. The van der Waals surface area contributed by atoms with Crippen molar-refractivity contribution in [2.45, 2.75) is 32.4 Å². The summed E-state index contributed by atoms with van der Waals surface area (Å²) in [5.41, 5.74) is 1.93. The average molecular weight is 348 g/mol. The number of aliphatic hydroxyl groups excluding tert-OH is 1. The van der Waals surface area contributed by atoms with Crippen LogP contribution in [0.1, 0.15) is 31.1 Å². The fraction of sp³-hybridized carbons (Fsp3) is 0.316. The molecule has 0 saturated heterocycles. The molecule has 0 aliphatic rings. The topological polar surface area (TPSA) is 58.6 Å². The van der Waals surface area contributed by atoms with Gasteiger partial charge in [0, 0.05) is 24.5 Å². The van der Waals surface area contributed by atoms with Gasteiger partial charge >= 0.3 is 5.97 Å². The van der Waals surface area contributed by atoms with Crippen molar-refractivity contribution < 1.29 is 14.6 Å². The monoisotopic (exact) mass is 347 g/mol. The summed E-state index contributed by atoms with van der Waals surface area (Å²) in [6.45, 7) is 3.89. The Morgan fingerprint density at radius 2 is 1.96 bits per heavy atom. The lowest BCUT2D eigenvalue weighted by Gasteiger charge is -2.18. The molecule has 0 fully saturated rings. The van der Waals surface area contributed by atoms with E-state index in [9.17, 15) is 9.90 Å². The summed E-state index contributed by atoms with van der Waals surface area (Å²) in [4.78, 5) is 10.9. The maximum absolute atomic E-state index is 10.9. The minimum Gasteiger partial charge on any atom is -0.427 e. The Balaban J connectivity index is 1.82. The number of carbonyl (C=O) groups is 1. The molecule has 4 nitrogen and oxygen atoms in total. The summed E-state index contributed by atoms with van der Waals surface area (Å²) in [5.74, 6) is 0.219. The zero-order valence-electron chi connectivity index (χ0n) is 13.8. The van der Waals surface area contributed by atoms with Crippen molar-refractivity contribution in [1.82, 2.24) is 5.32 Å². The van der Waals surface area contributed by atoms with E-state index < -0.39 is 6.10 Å². The van der Waals surface area contributed by atoms with E-state index in [-0.39, 0.29) is 12.0 Å². The van der Waals surface area contributed by atoms with E-state index in [4.69, 9.17) is 16.3 Å². The van der Waals surface area contributed by atoms with Crippen molar-refractivity contribution >= 4 is 17.6 Å². The highest BCUT2D eigenvalue weighted by Crippen LogP contribution is 2.18. The number of hydrogen-bond donors (Lipinski definition) is 2. The lowest BCUT2D eigenvalue weighted by Crippen LogP contribution is -2.32. The molecule has 0 aliphatic heterocycles. The van der Waals surface area contributed by atoms with Crippen molar-refractivity contribution in [1.29, 1.82) is 0 Å². The minimum atomic E-state index is -0.600. The van der Waals surface area contributed by atoms with Crippen LogP contribution in [0, 0.1) is 0 Å². The number of rotatable bonds is 7. The van der Waals surface area contributed by atoms with E-state index in [0.29, 0.717) is 17.3 Å². The summed E-state index contributed by atoms with van der Waals surface area (Å²) < 4.78 is 5.01. The number of esters is 1. The third kappa shape index (κ3) is 5.96. The number of benzene rings is 2. The second-order valence-corrected chi connectivity index (χ2v) is 6.26. The van der Waals surface area contributed by atoms with Crippen molar-refractivity contribution in [2.24, 2.45) is 0 Å². The summed E-state index contributed by atoms with van der Waals surface area (Å²) in [6, 6.07) is 14.9. The van der Waals surface area contributed by atoms with Crippen molar-refractivity contribution in [3.63, 3.8) is 0 Å². The molecule has 2 aromatic carbocycles. The lowest BCUT2D eigenvalue weighted by atomic mass is 10.1. The molecule has 0 bridgehead atoms. The van der Waals surface area contributed by atoms with Gasteiger partial charge in [0.1, 0.15) is 5.75 Å². The van der Waals surface area contributed by atoms with Crippen LogP contribution >= 0.6 is 11.6 Å². The van der Waals surface area contributed by atoms with E-state index in [1.54, 1.807) is 24.3 Å². The fourth-order valence-electron chi connectivity index (χ4n) is 2.43. The van der Waals surface area contributed by atoms with Gasteiger partial charge in [-0.1, -0.05) is 35.9 Å². The molecule has 0 radical (unpaired) electrons. The van der Waals surface area contributed by atoms with Crippen molar-refractivity contribution in [3.05, 3.63) is 64.7 Å². The standard InChI is InChI=1S/C19H22ClNO3/c1-13(10-15-6-8-18(9-7-15)24-14(2)22)21-12-19(23)16-4-3-5-17(20)11-16/h3-9,11,13,19,21,23H,10,12H2,1-2H3. The predicted octanol–water partition coefficient (Wildman–Crippen LogP) is 3.52. The highest BCUT2D eigenvalue weighted by atomic mass is 35.5. The number of ether oxygens (including phenoxy) is 1. The Labute approximate surface area is 147 Å². The molecule has 0 heterocycles. The third-order valence-corrected chi connectivity index (χ3v) is 3.86. The highest BCUT2D eigenvalue weighted by Gasteiger charge is 2.10. The largest absolute Gasteiger partial charge is 0.427 e. The molecule has 2 aromatic rings. The maximum atomic E-state index is 10.9. The molecule has 2 atom stereocenters. The summed E-state index contributed by atoms with van der Waals surface area (Å²) in [7, 11) is 0. The number of carbonyl (C=O) groups excluding carboxylic acids is 1. The van der Waals surface area contributed by atoms with Gasteiger partial charge in [-0.3, -0.25) is 4.79 Å². The first kappa shape index (κ1) is 18.5. The predicted molar refractivity (Wildman–Crippen MR) is 95.3 cm³/mol. The molecule has 0 aromatic heterocycles. The van der Waals surface area contributed by atoms with Crippen LogP contribution in [0.15, 0.2) is 48.5 Å². The molecule has 2 unspecified atom stereocenters. The van der Waals surface area contributed by atoms with Crippen molar-refractivity contribution in [2.75, 3.05) is 6.54 Å². The molecule has 2 rings (SSSR count). The summed E-state index contributed by atoms with van der Waals surface area (Å²) in [6.07, 6.45) is 0.209. The second-order valence-electron chi connectivity index (χ2n) is 5.82. The van der Waals surface area contributed by atoms with Gasteiger partial charge in [-0.25, -0.2) is 0 Å². The molecular weight excluding hydrogens is 326 g/mol. The van der Waals surface area contributed by atoms with Gasteiger partial charge in [-0.2, -0.15) is 0 Å².